The molecule has 2 aromatic rings. The summed E-state index contributed by atoms with van der Waals surface area (Å²) in [5.41, 5.74) is 7.49. The van der Waals surface area contributed by atoms with Crippen LogP contribution >= 0.6 is 15.9 Å². The van der Waals surface area contributed by atoms with Crippen LogP contribution in [-0.4, -0.2) is 4.98 Å². The standard InChI is InChI=1S/C13H13BrN2O/c1-9-7-10(4-5-11(9)14)17-13-3-2-6-16-12(13)8-15/h2-7H,8,15H2,1H3. The lowest BCUT2D eigenvalue weighted by atomic mass is 10.2. The third-order valence-electron chi connectivity index (χ3n) is 2.40. The van der Waals surface area contributed by atoms with E-state index in [9.17, 15) is 0 Å². The zero-order chi connectivity index (χ0) is 12.3. The van der Waals surface area contributed by atoms with Crippen LogP contribution in [0.4, 0.5) is 0 Å². The SMILES string of the molecule is Cc1cc(Oc2cccnc2CN)ccc1Br. The molecule has 2 N–H and O–H groups in total. The van der Waals surface area contributed by atoms with Gasteiger partial charge >= 0.3 is 0 Å². The molecule has 0 amide bonds. The molecule has 0 saturated carbocycles. The highest BCUT2D eigenvalue weighted by molar-refractivity contribution is 9.10. The lowest BCUT2D eigenvalue weighted by Gasteiger charge is -2.09. The Balaban J connectivity index is 2.28. The lowest BCUT2D eigenvalue weighted by Crippen LogP contribution is -2.01. The number of nitrogens with two attached hydrogens (primary N) is 1. The summed E-state index contributed by atoms with van der Waals surface area (Å²) in [4.78, 5) is 4.17. The maximum Gasteiger partial charge on any atom is 0.150 e. The zero-order valence-electron chi connectivity index (χ0n) is 9.48. The Kier molecular flexibility index (Phi) is 3.76. The van der Waals surface area contributed by atoms with E-state index in [2.05, 4.69) is 20.9 Å². The molecule has 0 radical (unpaired) electrons. The summed E-state index contributed by atoms with van der Waals surface area (Å²) in [7, 11) is 0. The average Bonchev–Trinajstić information content (AvgIpc) is 2.34. The third-order valence-corrected chi connectivity index (χ3v) is 3.29. The molecule has 0 unspecified atom stereocenters. The summed E-state index contributed by atoms with van der Waals surface area (Å²) in [6.45, 7) is 2.38. The zero-order valence-corrected chi connectivity index (χ0v) is 11.1. The van der Waals surface area contributed by atoms with E-state index in [1.807, 2.05) is 37.3 Å². The van der Waals surface area contributed by atoms with E-state index in [-0.39, 0.29) is 0 Å². The molecule has 0 fully saturated rings. The first-order valence-electron chi connectivity index (χ1n) is 5.28. The van der Waals surface area contributed by atoms with E-state index >= 15 is 0 Å². The molecule has 0 atom stereocenters. The fraction of sp³-hybridized carbons (Fsp3) is 0.154. The number of aryl methyl sites for hydroxylation is 1. The van der Waals surface area contributed by atoms with Crippen molar-refractivity contribution in [3.05, 3.63) is 52.3 Å². The van der Waals surface area contributed by atoms with E-state index in [0.717, 1.165) is 21.5 Å². The van der Waals surface area contributed by atoms with Crippen LogP contribution in [0.1, 0.15) is 11.3 Å². The van der Waals surface area contributed by atoms with Crippen molar-refractivity contribution in [1.82, 2.24) is 4.98 Å². The Morgan fingerprint density at radius 3 is 2.88 bits per heavy atom. The molecule has 0 aliphatic carbocycles. The molecule has 4 heteroatoms. The van der Waals surface area contributed by atoms with E-state index in [1.54, 1.807) is 6.20 Å². The van der Waals surface area contributed by atoms with Crippen LogP contribution in [0, 0.1) is 6.92 Å². The Bertz CT molecular complexity index is 529. The second kappa shape index (κ2) is 5.29. The number of rotatable bonds is 3. The molecular weight excluding hydrogens is 280 g/mol. The lowest BCUT2D eigenvalue weighted by molar-refractivity contribution is 0.472. The summed E-state index contributed by atoms with van der Waals surface area (Å²) in [5, 5.41) is 0. The fourth-order valence-electron chi connectivity index (χ4n) is 1.48. The molecule has 0 saturated heterocycles. The van der Waals surface area contributed by atoms with Crippen LogP contribution in [0.5, 0.6) is 11.5 Å². The normalized spacial score (nSPS) is 10.3. The van der Waals surface area contributed by atoms with Gasteiger partial charge in [0.2, 0.25) is 0 Å². The van der Waals surface area contributed by atoms with Gasteiger partial charge in [-0.3, -0.25) is 4.98 Å². The van der Waals surface area contributed by atoms with Gasteiger partial charge in [-0.15, -0.1) is 0 Å². The average molecular weight is 293 g/mol. The van der Waals surface area contributed by atoms with Gasteiger partial charge in [0.1, 0.15) is 11.5 Å². The van der Waals surface area contributed by atoms with Crippen molar-refractivity contribution in [2.45, 2.75) is 13.5 Å². The molecule has 3 nitrogen and oxygen atoms in total. The minimum Gasteiger partial charge on any atom is -0.455 e. The van der Waals surface area contributed by atoms with Gasteiger partial charge in [-0.25, -0.2) is 0 Å². The summed E-state index contributed by atoms with van der Waals surface area (Å²) >= 11 is 3.46. The number of aromatic nitrogens is 1. The number of halogens is 1. The predicted molar refractivity (Wildman–Crippen MR) is 71.1 cm³/mol. The molecule has 0 spiro atoms. The molecule has 0 aliphatic rings. The first kappa shape index (κ1) is 12.1. The Labute approximate surface area is 109 Å². The first-order chi connectivity index (χ1) is 8.20. The van der Waals surface area contributed by atoms with Crippen LogP contribution < -0.4 is 10.5 Å². The first-order valence-corrected chi connectivity index (χ1v) is 6.08. The van der Waals surface area contributed by atoms with Crippen molar-refractivity contribution in [1.29, 1.82) is 0 Å². The van der Waals surface area contributed by atoms with Gasteiger partial charge < -0.3 is 10.5 Å². The van der Waals surface area contributed by atoms with Gasteiger partial charge in [0.15, 0.2) is 0 Å². The van der Waals surface area contributed by atoms with Gasteiger partial charge in [-0.2, -0.15) is 0 Å². The van der Waals surface area contributed by atoms with E-state index in [4.69, 9.17) is 10.5 Å². The number of hydrogen-bond donors (Lipinski definition) is 1. The van der Waals surface area contributed by atoms with E-state index in [1.165, 1.54) is 0 Å². The van der Waals surface area contributed by atoms with Gasteiger partial charge in [0, 0.05) is 17.2 Å². The van der Waals surface area contributed by atoms with Crippen molar-refractivity contribution in [2.24, 2.45) is 5.73 Å². The van der Waals surface area contributed by atoms with E-state index < -0.39 is 0 Å². The van der Waals surface area contributed by atoms with Gasteiger partial charge in [-0.05, 0) is 42.8 Å². The fourth-order valence-corrected chi connectivity index (χ4v) is 1.72. The largest absolute Gasteiger partial charge is 0.455 e. The second-order valence-electron chi connectivity index (χ2n) is 3.67. The van der Waals surface area contributed by atoms with Crippen LogP contribution in [0.15, 0.2) is 41.0 Å². The topological polar surface area (TPSA) is 48.1 Å². The monoisotopic (exact) mass is 292 g/mol. The maximum atomic E-state index is 5.77. The molecule has 88 valence electrons. The third kappa shape index (κ3) is 2.84. The molecule has 2 rings (SSSR count). The molecule has 1 heterocycles. The smallest absolute Gasteiger partial charge is 0.150 e. The molecule has 17 heavy (non-hydrogen) atoms. The number of ether oxygens (including phenoxy) is 1. The maximum absolute atomic E-state index is 5.77. The summed E-state index contributed by atoms with van der Waals surface area (Å²) in [6.07, 6.45) is 1.71. The Hall–Kier alpha value is -1.39. The quantitative estimate of drug-likeness (QED) is 0.943. The van der Waals surface area contributed by atoms with Crippen molar-refractivity contribution < 1.29 is 4.74 Å². The van der Waals surface area contributed by atoms with Crippen LogP contribution in [0.25, 0.3) is 0 Å². The van der Waals surface area contributed by atoms with Crippen molar-refractivity contribution in [3.8, 4) is 11.5 Å². The number of hydrogen-bond acceptors (Lipinski definition) is 3. The van der Waals surface area contributed by atoms with Gasteiger partial charge in [-0.1, -0.05) is 15.9 Å². The molecule has 1 aromatic carbocycles. The summed E-state index contributed by atoms with van der Waals surface area (Å²) in [6, 6.07) is 9.54. The van der Waals surface area contributed by atoms with Crippen molar-refractivity contribution in [2.75, 3.05) is 0 Å². The Morgan fingerprint density at radius 1 is 1.35 bits per heavy atom. The van der Waals surface area contributed by atoms with Crippen LogP contribution in [-0.2, 0) is 6.54 Å². The number of nitrogens with zero attached hydrogens (tertiary/aromatic N) is 1. The minimum absolute atomic E-state index is 0.367. The number of pyridine rings is 1. The highest BCUT2D eigenvalue weighted by Gasteiger charge is 2.05. The van der Waals surface area contributed by atoms with Crippen LogP contribution in [0.2, 0.25) is 0 Å². The summed E-state index contributed by atoms with van der Waals surface area (Å²) < 4.78 is 6.84. The number of benzene rings is 1. The van der Waals surface area contributed by atoms with E-state index in [0.29, 0.717) is 12.3 Å². The molecule has 1 aromatic heterocycles. The summed E-state index contributed by atoms with van der Waals surface area (Å²) in [5.74, 6) is 1.49. The Morgan fingerprint density at radius 2 is 2.18 bits per heavy atom. The molecule has 0 bridgehead atoms. The molecule has 0 aliphatic heterocycles. The second-order valence-corrected chi connectivity index (χ2v) is 4.52. The highest BCUT2D eigenvalue weighted by atomic mass is 79.9. The molecular formula is C13H13BrN2O. The van der Waals surface area contributed by atoms with Crippen molar-refractivity contribution >= 4 is 15.9 Å². The minimum atomic E-state index is 0.367. The van der Waals surface area contributed by atoms with Crippen LogP contribution in [0.3, 0.4) is 0 Å². The predicted octanol–water partition coefficient (Wildman–Crippen LogP) is 3.40. The highest BCUT2D eigenvalue weighted by Crippen LogP contribution is 2.27. The van der Waals surface area contributed by atoms with Crippen molar-refractivity contribution in [3.63, 3.8) is 0 Å². The van der Waals surface area contributed by atoms with Gasteiger partial charge in [0.25, 0.3) is 0 Å². The van der Waals surface area contributed by atoms with Gasteiger partial charge in [0.05, 0.1) is 5.69 Å².